The first-order chi connectivity index (χ1) is 10.5. The molecule has 0 saturated carbocycles. The van der Waals surface area contributed by atoms with Crippen LogP contribution in [0.1, 0.15) is 17.5 Å². The molecule has 0 amide bonds. The molecule has 0 fully saturated rings. The van der Waals surface area contributed by atoms with E-state index in [0.29, 0.717) is 23.2 Å². The fourth-order valence-electron chi connectivity index (χ4n) is 2.36. The molecular formula is C17H13BrCl2FN. The van der Waals surface area contributed by atoms with E-state index in [1.807, 2.05) is 12.1 Å². The highest BCUT2D eigenvalue weighted by atomic mass is 79.9. The van der Waals surface area contributed by atoms with Crippen LogP contribution in [-0.4, -0.2) is 5.33 Å². The van der Waals surface area contributed by atoms with E-state index in [1.54, 1.807) is 18.2 Å². The predicted molar refractivity (Wildman–Crippen MR) is 92.3 cm³/mol. The Balaban J connectivity index is 2.33. The molecule has 0 aliphatic carbocycles. The van der Waals surface area contributed by atoms with Gasteiger partial charge >= 0.3 is 0 Å². The van der Waals surface area contributed by atoms with Gasteiger partial charge in [-0.1, -0.05) is 57.3 Å². The Kier molecular flexibility index (Phi) is 5.86. The summed E-state index contributed by atoms with van der Waals surface area (Å²) in [5.74, 6) is -0.454. The van der Waals surface area contributed by atoms with Crippen LogP contribution in [0.5, 0.6) is 0 Å². The van der Waals surface area contributed by atoms with E-state index in [4.69, 9.17) is 23.2 Å². The van der Waals surface area contributed by atoms with Crippen LogP contribution in [0.3, 0.4) is 0 Å². The summed E-state index contributed by atoms with van der Waals surface area (Å²) in [7, 11) is 0. The zero-order valence-corrected chi connectivity index (χ0v) is 14.7. The molecule has 0 aliphatic heterocycles. The molecule has 0 spiro atoms. The minimum atomic E-state index is -1.01. The highest BCUT2D eigenvalue weighted by Crippen LogP contribution is 2.37. The average Bonchev–Trinajstić information content (AvgIpc) is 2.52. The summed E-state index contributed by atoms with van der Waals surface area (Å²) in [6.45, 7) is 0. The molecular weight excluding hydrogens is 388 g/mol. The zero-order chi connectivity index (χ0) is 16.2. The molecule has 114 valence electrons. The summed E-state index contributed by atoms with van der Waals surface area (Å²) >= 11 is 15.4. The van der Waals surface area contributed by atoms with Crippen molar-refractivity contribution in [3.05, 3.63) is 69.5 Å². The van der Waals surface area contributed by atoms with E-state index in [9.17, 15) is 9.65 Å². The number of halogens is 4. The number of aryl methyl sites for hydroxylation is 1. The number of hydrogen-bond donors (Lipinski definition) is 0. The summed E-state index contributed by atoms with van der Waals surface area (Å²) in [5, 5.41) is 10.9. The standard InChI is InChI=1S/C17H13BrCl2FN/c18-10-17(11-22,16-14(20)2-1-3-15(16)21)9-8-12-4-6-13(19)7-5-12/h1-7H,8-10H2. The quantitative estimate of drug-likeness (QED) is 0.571. The molecule has 5 heteroatoms. The molecule has 2 aromatic carbocycles. The number of rotatable bonds is 5. The summed E-state index contributed by atoms with van der Waals surface area (Å²) in [4.78, 5) is 0. The maximum Gasteiger partial charge on any atom is 0.129 e. The van der Waals surface area contributed by atoms with Gasteiger partial charge in [-0.3, -0.25) is 0 Å². The van der Waals surface area contributed by atoms with Crippen molar-refractivity contribution in [3.8, 4) is 6.07 Å². The van der Waals surface area contributed by atoms with Gasteiger partial charge in [-0.25, -0.2) is 4.39 Å². The van der Waals surface area contributed by atoms with E-state index in [2.05, 4.69) is 22.0 Å². The lowest BCUT2D eigenvalue weighted by Crippen LogP contribution is -2.29. The second-order valence-electron chi connectivity index (χ2n) is 5.05. The van der Waals surface area contributed by atoms with Gasteiger partial charge in [0.2, 0.25) is 0 Å². The van der Waals surface area contributed by atoms with E-state index < -0.39 is 11.2 Å². The minimum Gasteiger partial charge on any atom is -0.207 e. The fraction of sp³-hybridized carbons (Fsp3) is 0.235. The number of nitrogens with zero attached hydrogens (tertiary/aromatic N) is 1. The third-order valence-electron chi connectivity index (χ3n) is 3.64. The van der Waals surface area contributed by atoms with Crippen LogP contribution < -0.4 is 0 Å². The Labute approximate surface area is 147 Å². The first-order valence-corrected chi connectivity index (χ1v) is 8.56. The summed E-state index contributed by atoms with van der Waals surface area (Å²) in [6.07, 6.45) is 1.08. The van der Waals surface area contributed by atoms with Gasteiger partial charge in [0, 0.05) is 20.9 Å². The molecule has 0 aromatic heterocycles. The molecule has 2 aromatic rings. The van der Waals surface area contributed by atoms with Gasteiger partial charge in [-0.2, -0.15) is 5.26 Å². The first kappa shape index (κ1) is 17.3. The van der Waals surface area contributed by atoms with E-state index in [-0.39, 0.29) is 10.6 Å². The largest absolute Gasteiger partial charge is 0.207 e. The molecule has 2 rings (SSSR count). The van der Waals surface area contributed by atoms with Crippen LogP contribution in [0.2, 0.25) is 10.0 Å². The molecule has 0 bridgehead atoms. The molecule has 0 radical (unpaired) electrons. The van der Waals surface area contributed by atoms with Gasteiger partial charge in [-0.05, 0) is 42.7 Å². The average molecular weight is 401 g/mol. The Morgan fingerprint density at radius 2 is 1.82 bits per heavy atom. The van der Waals surface area contributed by atoms with Crippen molar-refractivity contribution in [1.29, 1.82) is 5.26 Å². The number of nitriles is 1. The lowest BCUT2D eigenvalue weighted by Gasteiger charge is -2.26. The van der Waals surface area contributed by atoms with Gasteiger partial charge in [0.15, 0.2) is 0 Å². The van der Waals surface area contributed by atoms with E-state index in [0.717, 1.165) is 5.56 Å². The number of alkyl halides is 1. The van der Waals surface area contributed by atoms with Crippen LogP contribution in [0.4, 0.5) is 4.39 Å². The monoisotopic (exact) mass is 399 g/mol. The number of hydrogen-bond acceptors (Lipinski definition) is 1. The minimum absolute atomic E-state index is 0.255. The first-order valence-electron chi connectivity index (χ1n) is 6.68. The van der Waals surface area contributed by atoms with Gasteiger partial charge in [0.1, 0.15) is 5.82 Å². The van der Waals surface area contributed by atoms with Crippen molar-refractivity contribution in [2.45, 2.75) is 18.3 Å². The highest BCUT2D eigenvalue weighted by molar-refractivity contribution is 9.09. The van der Waals surface area contributed by atoms with Crippen molar-refractivity contribution in [1.82, 2.24) is 0 Å². The maximum absolute atomic E-state index is 14.2. The van der Waals surface area contributed by atoms with E-state index in [1.165, 1.54) is 12.1 Å². The molecule has 1 atom stereocenters. The molecule has 1 unspecified atom stereocenters. The SMILES string of the molecule is N#CC(CBr)(CCc1ccc(Cl)cc1)c1c(F)cccc1Cl. The van der Waals surface area contributed by atoms with Crippen molar-refractivity contribution in [2.75, 3.05) is 5.33 Å². The van der Waals surface area contributed by atoms with Crippen LogP contribution >= 0.6 is 39.1 Å². The smallest absolute Gasteiger partial charge is 0.129 e. The summed E-state index contributed by atoms with van der Waals surface area (Å²) < 4.78 is 14.2. The highest BCUT2D eigenvalue weighted by Gasteiger charge is 2.35. The fourth-order valence-corrected chi connectivity index (χ4v) is 3.52. The maximum atomic E-state index is 14.2. The van der Waals surface area contributed by atoms with Crippen molar-refractivity contribution in [2.24, 2.45) is 0 Å². The second kappa shape index (κ2) is 7.46. The lowest BCUT2D eigenvalue weighted by atomic mass is 9.78. The van der Waals surface area contributed by atoms with Crippen molar-refractivity contribution < 1.29 is 4.39 Å². The van der Waals surface area contributed by atoms with Gasteiger partial charge < -0.3 is 0 Å². The van der Waals surface area contributed by atoms with Crippen LogP contribution in [0.15, 0.2) is 42.5 Å². The molecule has 0 saturated heterocycles. The van der Waals surface area contributed by atoms with Gasteiger partial charge in [0.25, 0.3) is 0 Å². The second-order valence-corrected chi connectivity index (χ2v) is 6.46. The number of benzene rings is 2. The predicted octanol–water partition coefficient (Wildman–Crippen LogP) is 5.92. The molecule has 22 heavy (non-hydrogen) atoms. The molecule has 0 N–H and O–H groups in total. The molecule has 0 heterocycles. The van der Waals surface area contributed by atoms with Crippen molar-refractivity contribution >= 4 is 39.1 Å². The topological polar surface area (TPSA) is 23.8 Å². The zero-order valence-electron chi connectivity index (χ0n) is 11.6. The lowest BCUT2D eigenvalue weighted by molar-refractivity contribution is 0.515. The van der Waals surface area contributed by atoms with Gasteiger partial charge in [0.05, 0.1) is 11.5 Å². The molecule has 0 aliphatic rings. The Morgan fingerprint density at radius 3 is 2.36 bits per heavy atom. The van der Waals surface area contributed by atoms with Crippen LogP contribution in [-0.2, 0) is 11.8 Å². The van der Waals surface area contributed by atoms with Gasteiger partial charge in [-0.15, -0.1) is 0 Å². The molecule has 1 nitrogen and oxygen atoms in total. The van der Waals surface area contributed by atoms with E-state index >= 15 is 0 Å². The Bertz CT molecular complexity index is 677. The summed E-state index contributed by atoms with van der Waals surface area (Å²) in [6, 6.07) is 14.1. The Morgan fingerprint density at radius 1 is 1.14 bits per heavy atom. The van der Waals surface area contributed by atoms with Crippen LogP contribution in [0.25, 0.3) is 0 Å². The Hall–Kier alpha value is -1.08. The third kappa shape index (κ3) is 3.63. The normalized spacial score (nSPS) is 13.4. The summed E-state index contributed by atoms with van der Waals surface area (Å²) in [5.41, 5.74) is 0.282. The third-order valence-corrected chi connectivity index (χ3v) is 5.16. The van der Waals surface area contributed by atoms with Crippen molar-refractivity contribution in [3.63, 3.8) is 0 Å². The van der Waals surface area contributed by atoms with Crippen LogP contribution in [0, 0.1) is 17.1 Å².